The first-order chi connectivity index (χ1) is 15.0. The van der Waals surface area contributed by atoms with Crippen LogP contribution in [0.2, 0.25) is 0 Å². The van der Waals surface area contributed by atoms with E-state index >= 15 is 0 Å². The summed E-state index contributed by atoms with van der Waals surface area (Å²) in [6, 6.07) is -1.34. The van der Waals surface area contributed by atoms with Crippen LogP contribution in [0, 0.1) is 0 Å². The third kappa shape index (κ3) is 15.6. The lowest BCUT2D eigenvalue weighted by atomic mass is 10.0. The third-order valence-corrected chi connectivity index (χ3v) is 4.83. The van der Waals surface area contributed by atoms with E-state index in [2.05, 4.69) is 48.7 Å². The molecule has 0 aromatic carbocycles. The maximum atomic E-state index is 11.9. The highest BCUT2D eigenvalue weighted by atomic mass is 16.4. The average molecular weight is 440 g/mol. The van der Waals surface area contributed by atoms with E-state index in [0.29, 0.717) is 12.7 Å². The fourth-order valence-electron chi connectivity index (χ4n) is 2.91. The van der Waals surface area contributed by atoms with E-state index in [1.165, 1.54) is 0 Å². The fourth-order valence-corrected chi connectivity index (χ4v) is 2.91. The van der Waals surface area contributed by atoms with Gasteiger partial charge in [0.2, 0.25) is 5.91 Å². The van der Waals surface area contributed by atoms with Crippen molar-refractivity contribution in [1.82, 2.24) is 5.32 Å². The molecule has 0 aliphatic rings. The second-order valence-electron chi connectivity index (χ2n) is 7.56. The molecular formula is C24H41NO6. The zero-order valence-electron chi connectivity index (χ0n) is 18.7. The molecule has 0 radical (unpaired) electrons. The Hall–Kier alpha value is -1.80. The summed E-state index contributed by atoms with van der Waals surface area (Å²) in [5, 5.41) is 40.0. The molecule has 0 fully saturated rings. The van der Waals surface area contributed by atoms with Crippen LogP contribution in [0.15, 0.2) is 36.5 Å². The zero-order valence-corrected chi connectivity index (χ0v) is 18.7. The monoisotopic (exact) mass is 439 g/mol. The molecule has 0 rings (SSSR count). The van der Waals surface area contributed by atoms with E-state index in [1.807, 2.05) is 0 Å². The van der Waals surface area contributed by atoms with E-state index in [1.54, 1.807) is 0 Å². The van der Waals surface area contributed by atoms with Gasteiger partial charge in [-0.25, -0.2) is 0 Å². The summed E-state index contributed by atoms with van der Waals surface area (Å²) >= 11 is 0. The van der Waals surface area contributed by atoms with Crippen molar-refractivity contribution in [3.8, 4) is 0 Å². The molecule has 5 N–H and O–H groups in total. The number of aliphatic hydroxyl groups excluding tert-OH is 4. The minimum Gasteiger partial charge on any atom is -0.394 e. The van der Waals surface area contributed by atoms with E-state index in [-0.39, 0.29) is 6.42 Å². The summed E-state index contributed by atoms with van der Waals surface area (Å²) in [6.07, 6.45) is 17.4. The number of aldehydes is 1. The van der Waals surface area contributed by atoms with Gasteiger partial charge in [-0.1, -0.05) is 62.6 Å². The SMILES string of the molecule is CCC=CCC=CCC=CCCCCCCCC(=O)N[C@@H](C=O)[C@@H](O)[C@H](O)[C@H](O)CO. The van der Waals surface area contributed by atoms with Crippen molar-refractivity contribution >= 4 is 12.2 Å². The number of unbranched alkanes of at least 4 members (excludes halogenated alkanes) is 5. The highest BCUT2D eigenvalue weighted by molar-refractivity contribution is 5.79. The molecule has 0 aliphatic carbocycles. The minimum atomic E-state index is -1.73. The first-order valence-electron chi connectivity index (χ1n) is 11.3. The molecule has 0 heterocycles. The van der Waals surface area contributed by atoms with Crippen LogP contribution in [0.1, 0.15) is 71.1 Å². The summed E-state index contributed by atoms with van der Waals surface area (Å²) in [4.78, 5) is 23.0. The van der Waals surface area contributed by atoms with Gasteiger partial charge in [0.25, 0.3) is 0 Å². The lowest BCUT2D eigenvalue weighted by molar-refractivity contribution is -0.131. The van der Waals surface area contributed by atoms with Gasteiger partial charge in [-0.2, -0.15) is 0 Å². The quantitative estimate of drug-likeness (QED) is 0.119. The highest BCUT2D eigenvalue weighted by Gasteiger charge is 2.31. The average Bonchev–Trinajstić information content (AvgIpc) is 2.78. The summed E-state index contributed by atoms with van der Waals surface area (Å²) < 4.78 is 0. The number of rotatable bonds is 19. The van der Waals surface area contributed by atoms with Crippen LogP contribution < -0.4 is 5.32 Å². The van der Waals surface area contributed by atoms with Crippen LogP contribution in [-0.2, 0) is 9.59 Å². The number of carbonyl (C=O) groups excluding carboxylic acids is 2. The Bertz CT molecular complexity index is 546. The van der Waals surface area contributed by atoms with Crippen molar-refractivity contribution in [2.45, 2.75) is 95.5 Å². The minimum absolute atomic E-state index is 0.218. The molecule has 7 nitrogen and oxygen atoms in total. The normalized spacial score (nSPS) is 16.0. The number of allylic oxidation sites excluding steroid dienone is 6. The molecular weight excluding hydrogens is 398 g/mol. The van der Waals surface area contributed by atoms with Crippen LogP contribution in [-0.4, -0.2) is 63.6 Å². The molecule has 7 heteroatoms. The van der Waals surface area contributed by atoms with E-state index in [4.69, 9.17) is 5.11 Å². The second-order valence-corrected chi connectivity index (χ2v) is 7.56. The molecule has 0 unspecified atom stereocenters. The van der Waals surface area contributed by atoms with Crippen molar-refractivity contribution < 1.29 is 30.0 Å². The zero-order chi connectivity index (χ0) is 23.3. The first kappa shape index (κ1) is 29.2. The molecule has 0 bridgehead atoms. The largest absolute Gasteiger partial charge is 0.394 e. The fraction of sp³-hybridized carbons (Fsp3) is 0.667. The summed E-state index contributed by atoms with van der Waals surface area (Å²) in [6.45, 7) is 1.36. The molecule has 4 atom stereocenters. The van der Waals surface area contributed by atoms with Gasteiger partial charge in [-0.15, -0.1) is 0 Å². The Labute approximate surface area is 186 Å². The number of hydrogen-bond donors (Lipinski definition) is 5. The van der Waals surface area contributed by atoms with Gasteiger partial charge in [0.1, 0.15) is 30.6 Å². The summed E-state index contributed by atoms with van der Waals surface area (Å²) in [7, 11) is 0. The maximum absolute atomic E-state index is 11.9. The second kappa shape index (κ2) is 20.1. The van der Waals surface area contributed by atoms with Crippen molar-refractivity contribution in [3.63, 3.8) is 0 Å². The van der Waals surface area contributed by atoms with E-state index in [9.17, 15) is 24.9 Å². The molecule has 0 spiro atoms. The Kier molecular flexibility index (Phi) is 19.0. The Balaban J connectivity index is 3.80. The molecule has 0 aromatic heterocycles. The lowest BCUT2D eigenvalue weighted by Gasteiger charge is -2.26. The van der Waals surface area contributed by atoms with Gasteiger partial charge in [0.05, 0.1) is 6.61 Å². The van der Waals surface area contributed by atoms with Crippen molar-refractivity contribution in [2.75, 3.05) is 6.61 Å². The molecule has 1 amide bonds. The van der Waals surface area contributed by atoms with Crippen LogP contribution in [0.3, 0.4) is 0 Å². The van der Waals surface area contributed by atoms with Crippen LogP contribution in [0.4, 0.5) is 0 Å². The molecule has 0 saturated carbocycles. The number of aliphatic hydroxyl groups is 4. The Morgan fingerprint density at radius 1 is 0.839 bits per heavy atom. The van der Waals surface area contributed by atoms with Crippen LogP contribution in [0.5, 0.6) is 0 Å². The molecule has 31 heavy (non-hydrogen) atoms. The number of carbonyl (C=O) groups is 2. The number of nitrogens with one attached hydrogen (secondary N) is 1. The maximum Gasteiger partial charge on any atom is 0.220 e. The van der Waals surface area contributed by atoms with Crippen LogP contribution in [0.25, 0.3) is 0 Å². The van der Waals surface area contributed by atoms with Crippen molar-refractivity contribution in [1.29, 1.82) is 0 Å². The van der Waals surface area contributed by atoms with Gasteiger partial charge in [0.15, 0.2) is 0 Å². The predicted molar refractivity (Wildman–Crippen MR) is 122 cm³/mol. The highest BCUT2D eigenvalue weighted by Crippen LogP contribution is 2.09. The predicted octanol–water partition coefficient (Wildman–Crippen LogP) is 2.33. The Morgan fingerprint density at radius 2 is 1.42 bits per heavy atom. The Morgan fingerprint density at radius 3 is 2.03 bits per heavy atom. The van der Waals surface area contributed by atoms with Gasteiger partial charge in [-0.05, 0) is 38.5 Å². The van der Waals surface area contributed by atoms with E-state index in [0.717, 1.165) is 51.4 Å². The molecule has 0 aromatic rings. The van der Waals surface area contributed by atoms with Crippen molar-refractivity contribution in [2.24, 2.45) is 0 Å². The summed E-state index contributed by atoms with van der Waals surface area (Å²) in [5.41, 5.74) is 0. The number of hydrogen-bond acceptors (Lipinski definition) is 6. The third-order valence-electron chi connectivity index (χ3n) is 4.83. The molecule has 178 valence electrons. The van der Waals surface area contributed by atoms with Gasteiger partial charge < -0.3 is 30.5 Å². The van der Waals surface area contributed by atoms with Crippen LogP contribution >= 0.6 is 0 Å². The van der Waals surface area contributed by atoms with Gasteiger partial charge in [-0.3, -0.25) is 4.79 Å². The summed E-state index contributed by atoms with van der Waals surface area (Å²) in [5.74, 6) is -0.400. The number of amides is 1. The van der Waals surface area contributed by atoms with E-state index < -0.39 is 36.9 Å². The van der Waals surface area contributed by atoms with Crippen molar-refractivity contribution in [3.05, 3.63) is 36.5 Å². The first-order valence-corrected chi connectivity index (χ1v) is 11.3. The van der Waals surface area contributed by atoms with Gasteiger partial charge in [0, 0.05) is 6.42 Å². The smallest absolute Gasteiger partial charge is 0.220 e. The topological polar surface area (TPSA) is 127 Å². The molecule has 0 saturated heterocycles. The lowest BCUT2D eigenvalue weighted by Crippen LogP contribution is -2.53. The molecule has 0 aliphatic heterocycles. The van der Waals surface area contributed by atoms with Gasteiger partial charge >= 0.3 is 0 Å². The standard InChI is InChI=1S/C24H41NO6/c1-2-3-4-5-6-7-8-9-10-11-12-13-14-15-16-17-22(29)25-20(18-26)23(30)24(31)21(28)19-27/h3-4,6-7,9-10,18,20-21,23-24,27-28,30-31H,2,5,8,11-17,19H2,1H3,(H,25,29)/t20-,21+,23+,24+/m0/s1.